The molecule has 0 radical (unpaired) electrons. The first kappa shape index (κ1) is 29.0. The molecule has 0 saturated carbocycles. The fourth-order valence-electron chi connectivity index (χ4n) is 2.09. The maximum atomic E-state index is 11.4. The molecule has 0 unspecified atom stereocenters. The highest BCUT2D eigenvalue weighted by Gasteiger charge is 2.40. The molecule has 170 valence electrons. The SMILES string of the molecule is CCN(CC)CCOC(=O)CCC(C)(C)C.O=C(O)CC(O)(CC(=O)O)C(=O)O. The fourth-order valence-corrected chi connectivity index (χ4v) is 2.09. The van der Waals surface area contributed by atoms with Crippen LogP contribution in [0.25, 0.3) is 0 Å². The molecule has 0 aliphatic heterocycles. The van der Waals surface area contributed by atoms with Crippen molar-refractivity contribution in [2.45, 2.75) is 65.9 Å². The summed E-state index contributed by atoms with van der Waals surface area (Å²) >= 11 is 0. The van der Waals surface area contributed by atoms with Crippen LogP contribution in [-0.2, 0) is 23.9 Å². The van der Waals surface area contributed by atoms with Crippen LogP contribution >= 0.6 is 0 Å². The van der Waals surface area contributed by atoms with Crippen LogP contribution in [0.5, 0.6) is 0 Å². The molecule has 0 fully saturated rings. The Bertz CT molecular complexity index is 520. The molecular formula is C19H35NO9. The van der Waals surface area contributed by atoms with Gasteiger partial charge in [0.15, 0.2) is 5.60 Å². The van der Waals surface area contributed by atoms with Crippen molar-refractivity contribution in [2.75, 3.05) is 26.2 Å². The highest BCUT2D eigenvalue weighted by atomic mass is 16.5. The lowest BCUT2D eigenvalue weighted by Gasteiger charge is -2.19. The number of ether oxygens (including phenoxy) is 1. The topological polar surface area (TPSA) is 162 Å². The van der Waals surface area contributed by atoms with Crippen LogP contribution in [0.2, 0.25) is 0 Å². The quantitative estimate of drug-likeness (QED) is 0.339. The van der Waals surface area contributed by atoms with E-state index in [-0.39, 0.29) is 11.4 Å². The van der Waals surface area contributed by atoms with E-state index < -0.39 is 36.4 Å². The van der Waals surface area contributed by atoms with E-state index in [4.69, 9.17) is 25.2 Å². The molecule has 0 heterocycles. The number of aliphatic carboxylic acids is 3. The molecule has 0 spiro atoms. The smallest absolute Gasteiger partial charge is 0.336 e. The zero-order chi connectivity index (χ0) is 23.3. The lowest BCUT2D eigenvalue weighted by Crippen LogP contribution is -2.42. The minimum Gasteiger partial charge on any atom is -0.481 e. The van der Waals surface area contributed by atoms with Gasteiger partial charge >= 0.3 is 23.9 Å². The molecule has 10 heteroatoms. The zero-order valence-electron chi connectivity index (χ0n) is 17.9. The summed E-state index contributed by atoms with van der Waals surface area (Å²) in [4.78, 5) is 44.1. The number of esters is 1. The summed E-state index contributed by atoms with van der Waals surface area (Å²) in [5.74, 6) is -5.09. The Morgan fingerprint density at radius 3 is 1.66 bits per heavy atom. The Morgan fingerprint density at radius 2 is 1.34 bits per heavy atom. The summed E-state index contributed by atoms with van der Waals surface area (Å²) in [6, 6.07) is 0. The summed E-state index contributed by atoms with van der Waals surface area (Å²) in [6.45, 7) is 14.0. The normalized spacial score (nSPS) is 11.4. The number of nitrogens with zero attached hydrogens (tertiary/aromatic N) is 1. The van der Waals surface area contributed by atoms with Crippen LogP contribution in [0.1, 0.15) is 60.3 Å². The summed E-state index contributed by atoms with van der Waals surface area (Å²) < 4.78 is 5.19. The Kier molecular flexibility index (Phi) is 13.9. The van der Waals surface area contributed by atoms with Crippen molar-refractivity contribution < 1.29 is 44.3 Å². The number of carboxylic acid groups (broad SMARTS) is 3. The lowest BCUT2D eigenvalue weighted by atomic mass is 9.91. The summed E-state index contributed by atoms with van der Waals surface area (Å²) in [5, 5.41) is 33.8. The van der Waals surface area contributed by atoms with Gasteiger partial charge in [-0.2, -0.15) is 0 Å². The first-order valence-corrected chi connectivity index (χ1v) is 9.44. The van der Waals surface area contributed by atoms with Gasteiger partial charge in [0.1, 0.15) is 6.61 Å². The third kappa shape index (κ3) is 16.5. The van der Waals surface area contributed by atoms with Gasteiger partial charge in [-0.1, -0.05) is 34.6 Å². The van der Waals surface area contributed by atoms with Gasteiger partial charge in [-0.05, 0) is 24.9 Å². The molecule has 0 saturated heterocycles. The van der Waals surface area contributed by atoms with Crippen molar-refractivity contribution in [1.82, 2.24) is 4.90 Å². The number of carboxylic acids is 3. The molecule has 0 aliphatic carbocycles. The first-order chi connectivity index (χ1) is 13.2. The van der Waals surface area contributed by atoms with Gasteiger partial charge in [0.05, 0.1) is 12.8 Å². The average Bonchev–Trinajstić information content (AvgIpc) is 2.55. The lowest BCUT2D eigenvalue weighted by molar-refractivity contribution is -0.170. The van der Waals surface area contributed by atoms with E-state index in [9.17, 15) is 19.2 Å². The highest BCUT2D eigenvalue weighted by Crippen LogP contribution is 2.20. The van der Waals surface area contributed by atoms with Gasteiger partial charge in [-0.3, -0.25) is 14.4 Å². The van der Waals surface area contributed by atoms with Gasteiger partial charge in [0.25, 0.3) is 0 Å². The average molecular weight is 421 g/mol. The van der Waals surface area contributed by atoms with Gasteiger partial charge in [-0.15, -0.1) is 0 Å². The third-order valence-electron chi connectivity index (χ3n) is 3.93. The van der Waals surface area contributed by atoms with E-state index in [0.717, 1.165) is 26.1 Å². The number of carbonyl (C=O) groups is 4. The Labute approximate surface area is 171 Å². The van der Waals surface area contributed by atoms with Crippen molar-refractivity contribution >= 4 is 23.9 Å². The van der Waals surface area contributed by atoms with Crippen molar-refractivity contribution in [3.05, 3.63) is 0 Å². The Hall–Kier alpha value is -2.20. The van der Waals surface area contributed by atoms with Gasteiger partial charge in [-0.25, -0.2) is 4.79 Å². The minimum atomic E-state index is -2.74. The zero-order valence-corrected chi connectivity index (χ0v) is 17.9. The fraction of sp³-hybridized carbons (Fsp3) is 0.789. The monoisotopic (exact) mass is 421 g/mol. The highest BCUT2D eigenvalue weighted by molar-refractivity contribution is 5.88. The summed E-state index contributed by atoms with van der Waals surface area (Å²) in [5.41, 5.74) is -2.53. The second-order valence-electron chi connectivity index (χ2n) is 7.79. The third-order valence-corrected chi connectivity index (χ3v) is 3.93. The van der Waals surface area contributed by atoms with Crippen molar-refractivity contribution in [2.24, 2.45) is 5.41 Å². The van der Waals surface area contributed by atoms with Crippen LogP contribution in [0.4, 0.5) is 0 Å². The summed E-state index contributed by atoms with van der Waals surface area (Å²) in [6.07, 6.45) is -0.873. The van der Waals surface area contributed by atoms with E-state index in [1.165, 1.54) is 0 Å². The number of aliphatic hydroxyl groups is 1. The first-order valence-electron chi connectivity index (χ1n) is 9.44. The molecule has 0 amide bonds. The van der Waals surface area contributed by atoms with Gasteiger partial charge in [0, 0.05) is 13.0 Å². The molecule has 10 nitrogen and oxygen atoms in total. The number of hydrogen-bond donors (Lipinski definition) is 4. The van der Waals surface area contributed by atoms with Crippen molar-refractivity contribution in [3.63, 3.8) is 0 Å². The molecule has 0 atom stereocenters. The van der Waals surface area contributed by atoms with Gasteiger partial charge < -0.3 is 30.1 Å². The molecule has 0 aromatic carbocycles. The van der Waals surface area contributed by atoms with E-state index in [1.54, 1.807) is 0 Å². The number of carbonyl (C=O) groups excluding carboxylic acids is 1. The van der Waals surface area contributed by atoms with Crippen LogP contribution in [0, 0.1) is 5.41 Å². The Morgan fingerprint density at radius 1 is 0.897 bits per heavy atom. The van der Waals surface area contributed by atoms with Crippen molar-refractivity contribution in [1.29, 1.82) is 0 Å². The van der Waals surface area contributed by atoms with Crippen LogP contribution < -0.4 is 0 Å². The second kappa shape index (κ2) is 13.9. The maximum Gasteiger partial charge on any atom is 0.336 e. The standard InChI is InChI=1S/C13H27NO2.C6H8O7/c1-6-14(7-2)10-11-16-12(15)8-9-13(3,4)5;7-3(8)1-6(13,5(11)12)2-4(9)10/h6-11H2,1-5H3;13H,1-2H2,(H,7,8)(H,9,10)(H,11,12). The van der Waals surface area contributed by atoms with Crippen LogP contribution in [-0.4, -0.2) is 81.0 Å². The molecule has 0 bridgehead atoms. The minimum absolute atomic E-state index is 0.0675. The molecule has 4 N–H and O–H groups in total. The Balaban J connectivity index is 0. The predicted molar refractivity (Wildman–Crippen MR) is 105 cm³/mol. The number of rotatable bonds is 12. The number of hydrogen-bond acceptors (Lipinski definition) is 7. The van der Waals surface area contributed by atoms with E-state index in [0.29, 0.717) is 13.0 Å². The maximum absolute atomic E-state index is 11.4. The largest absolute Gasteiger partial charge is 0.481 e. The molecule has 0 rings (SSSR count). The second-order valence-corrected chi connectivity index (χ2v) is 7.79. The molecule has 0 aliphatic rings. The molecular weight excluding hydrogens is 386 g/mol. The van der Waals surface area contributed by atoms with Crippen molar-refractivity contribution in [3.8, 4) is 0 Å². The van der Waals surface area contributed by atoms with Gasteiger partial charge in [0.2, 0.25) is 0 Å². The molecule has 0 aromatic heterocycles. The number of likely N-dealkylation sites (N-methyl/N-ethyl adjacent to an activating group) is 1. The van der Waals surface area contributed by atoms with E-state index >= 15 is 0 Å². The predicted octanol–water partition coefficient (Wildman–Crippen LogP) is 1.45. The van der Waals surface area contributed by atoms with Crippen LogP contribution in [0.3, 0.4) is 0 Å². The molecule has 29 heavy (non-hydrogen) atoms. The van der Waals surface area contributed by atoms with E-state index in [2.05, 4.69) is 39.5 Å². The van der Waals surface area contributed by atoms with E-state index in [1.807, 2.05) is 0 Å². The molecule has 0 aromatic rings. The summed E-state index contributed by atoms with van der Waals surface area (Å²) in [7, 11) is 0. The van der Waals surface area contributed by atoms with Crippen LogP contribution in [0.15, 0.2) is 0 Å².